The monoisotopic (exact) mass is 283 g/mol. The van der Waals surface area contributed by atoms with Gasteiger partial charge in [0.2, 0.25) is 5.91 Å². The number of benzene rings is 1. The standard InChI is InChI=1S/C13H17N3O2.ClH/c1-8-3-4-9(14)5-11(8)13(18)15-10-6-12(17)16(2)7-10;/h3-5,10H,6-7,14H2,1-2H3,(H,15,18);1H. The lowest BCUT2D eigenvalue weighted by Crippen LogP contribution is -2.36. The number of likely N-dealkylation sites (N-methyl/N-ethyl adjacent to an activating group) is 1. The third-order valence-corrected chi connectivity index (χ3v) is 3.18. The Labute approximate surface area is 118 Å². The summed E-state index contributed by atoms with van der Waals surface area (Å²) in [6.07, 6.45) is 0.365. The van der Waals surface area contributed by atoms with Crippen molar-refractivity contribution < 1.29 is 9.59 Å². The van der Waals surface area contributed by atoms with Crippen molar-refractivity contribution in [2.75, 3.05) is 19.3 Å². The van der Waals surface area contributed by atoms with Crippen LogP contribution in [0.15, 0.2) is 18.2 Å². The maximum absolute atomic E-state index is 12.1. The van der Waals surface area contributed by atoms with Gasteiger partial charge in [0.25, 0.3) is 5.91 Å². The smallest absolute Gasteiger partial charge is 0.251 e. The van der Waals surface area contributed by atoms with Gasteiger partial charge in [-0.25, -0.2) is 0 Å². The summed E-state index contributed by atoms with van der Waals surface area (Å²) in [5, 5.41) is 2.87. The molecule has 1 fully saturated rings. The Morgan fingerprint density at radius 2 is 2.16 bits per heavy atom. The maximum Gasteiger partial charge on any atom is 0.251 e. The number of nitrogens with zero attached hydrogens (tertiary/aromatic N) is 1. The third-order valence-electron chi connectivity index (χ3n) is 3.18. The highest BCUT2D eigenvalue weighted by molar-refractivity contribution is 5.97. The maximum atomic E-state index is 12.1. The van der Waals surface area contributed by atoms with Crippen LogP contribution in [0.4, 0.5) is 5.69 Å². The topological polar surface area (TPSA) is 75.4 Å². The number of halogens is 1. The number of anilines is 1. The van der Waals surface area contributed by atoms with E-state index in [1.165, 1.54) is 0 Å². The van der Waals surface area contributed by atoms with E-state index in [9.17, 15) is 9.59 Å². The minimum atomic E-state index is -0.173. The molecule has 0 aliphatic carbocycles. The largest absolute Gasteiger partial charge is 0.399 e. The molecule has 1 aromatic rings. The molecule has 1 aliphatic rings. The van der Waals surface area contributed by atoms with Crippen LogP contribution in [0.5, 0.6) is 0 Å². The molecule has 1 heterocycles. The second-order valence-electron chi connectivity index (χ2n) is 4.72. The predicted molar refractivity (Wildman–Crippen MR) is 76.3 cm³/mol. The summed E-state index contributed by atoms with van der Waals surface area (Å²) in [5.41, 5.74) is 7.68. The van der Waals surface area contributed by atoms with Crippen molar-refractivity contribution >= 4 is 29.9 Å². The Balaban J connectivity index is 0.00000180. The van der Waals surface area contributed by atoms with E-state index in [0.29, 0.717) is 24.2 Å². The minimum absolute atomic E-state index is 0. The summed E-state index contributed by atoms with van der Waals surface area (Å²) >= 11 is 0. The Hall–Kier alpha value is -1.75. The van der Waals surface area contributed by atoms with Crippen molar-refractivity contribution in [3.8, 4) is 0 Å². The molecule has 0 spiro atoms. The van der Waals surface area contributed by atoms with Gasteiger partial charge in [0.1, 0.15) is 0 Å². The van der Waals surface area contributed by atoms with Gasteiger partial charge in [-0.1, -0.05) is 6.07 Å². The number of aryl methyl sites for hydroxylation is 1. The van der Waals surface area contributed by atoms with E-state index < -0.39 is 0 Å². The summed E-state index contributed by atoms with van der Waals surface area (Å²) < 4.78 is 0. The zero-order valence-electron chi connectivity index (χ0n) is 11.0. The third kappa shape index (κ3) is 3.38. The molecule has 1 unspecified atom stereocenters. The molecule has 2 rings (SSSR count). The molecule has 1 atom stereocenters. The van der Waals surface area contributed by atoms with Crippen molar-refractivity contribution in [2.45, 2.75) is 19.4 Å². The first-order chi connectivity index (χ1) is 8.47. The van der Waals surface area contributed by atoms with Crippen molar-refractivity contribution in [3.05, 3.63) is 29.3 Å². The molecule has 5 nitrogen and oxygen atoms in total. The number of hydrogen-bond donors (Lipinski definition) is 2. The van der Waals surface area contributed by atoms with Crippen molar-refractivity contribution in [3.63, 3.8) is 0 Å². The first kappa shape index (κ1) is 15.3. The van der Waals surface area contributed by atoms with Crippen LogP contribution in [0.3, 0.4) is 0 Å². The Morgan fingerprint density at radius 1 is 1.47 bits per heavy atom. The molecule has 1 aliphatic heterocycles. The highest BCUT2D eigenvalue weighted by Crippen LogP contribution is 2.14. The van der Waals surface area contributed by atoms with Gasteiger partial charge in [0.15, 0.2) is 0 Å². The van der Waals surface area contributed by atoms with Gasteiger partial charge in [0, 0.05) is 31.3 Å². The van der Waals surface area contributed by atoms with E-state index in [1.807, 2.05) is 13.0 Å². The van der Waals surface area contributed by atoms with Crippen molar-refractivity contribution in [2.24, 2.45) is 0 Å². The second kappa shape index (κ2) is 5.93. The van der Waals surface area contributed by atoms with Gasteiger partial charge in [0.05, 0.1) is 6.04 Å². The highest BCUT2D eigenvalue weighted by atomic mass is 35.5. The molecule has 2 amide bonds. The van der Waals surface area contributed by atoms with E-state index in [-0.39, 0.29) is 30.3 Å². The van der Waals surface area contributed by atoms with Crippen LogP contribution in [0.25, 0.3) is 0 Å². The van der Waals surface area contributed by atoms with Gasteiger partial charge in [-0.3, -0.25) is 9.59 Å². The van der Waals surface area contributed by atoms with E-state index >= 15 is 0 Å². The number of amides is 2. The number of likely N-dealkylation sites (tertiary alicyclic amines) is 1. The Bertz CT molecular complexity index is 505. The van der Waals surface area contributed by atoms with Gasteiger partial charge in [-0.05, 0) is 24.6 Å². The first-order valence-electron chi connectivity index (χ1n) is 5.88. The van der Waals surface area contributed by atoms with Crippen LogP contribution >= 0.6 is 12.4 Å². The van der Waals surface area contributed by atoms with Crippen molar-refractivity contribution in [1.82, 2.24) is 10.2 Å². The van der Waals surface area contributed by atoms with E-state index in [1.54, 1.807) is 24.1 Å². The molecule has 1 saturated heterocycles. The number of carbonyl (C=O) groups excluding carboxylic acids is 2. The van der Waals surface area contributed by atoms with Gasteiger partial charge < -0.3 is 16.0 Å². The normalized spacial score (nSPS) is 18.1. The molecule has 0 saturated carbocycles. The Kier molecular flexibility index (Phi) is 4.78. The lowest BCUT2D eigenvalue weighted by Gasteiger charge is -2.13. The fourth-order valence-electron chi connectivity index (χ4n) is 2.11. The number of hydrogen-bond acceptors (Lipinski definition) is 3. The minimum Gasteiger partial charge on any atom is -0.399 e. The highest BCUT2D eigenvalue weighted by Gasteiger charge is 2.28. The van der Waals surface area contributed by atoms with Crippen LogP contribution < -0.4 is 11.1 Å². The van der Waals surface area contributed by atoms with Gasteiger partial charge in [-0.2, -0.15) is 0 Å². The van der Waals surface area contributed by atoms with E-state index in [2.05, 4.69) is 5.32 Å². The fourth-order valence-corrected chi connectivity index (χ4v) is 2.11. The average molecular weight is 284 g/mol. The van der Waals surface area contributed by atoms with E-state index in [0.717, 1.165) is 5.56 Å². The lowest BCUT2D eigenvalue weighted by molar-refractivity contribution is -0.126. The summed E-state index contributed by atoms with van der Waals surface area (Å²) in [5.74, 6) is -0.113. The SMILES string of the molecule is Cc1ccc(N)cc1C(=O)NC1CC(=O)N(C)C1.Cl. The molecule has 0 radical (unpaired) electrons. The molecule has 19 heavy (non-hydrogen) atoms. The van der Waals surface area contributed by atoms with Crippen LogP contribution in [0.1, 0.15) is 22.3 Å². The van der Waals surface area contributed by atoms with Gasteiger partial charge in [-0.15, -0.1) is 12.4 Å². The second-order valence-corrected chi connectivity index (χ2v) is 4.72. The van der Waals surface area contributed by atoms with E-state index in [4.69, 9.17) is 5.73 Å². The summed E-state index contributed by atoms with van der Waals surface area (Å²) in [6.45, 7) is 2.42. The fraction of sp³-hybridized carbons (Fsp3) is 0.385. The molecule has 1 aromatic carbocycles. The average Bonchev–Trinajstić information content (AvgIpc) is 2.61. The molecular formula is C13H18ClN3O2. The zero-order valence-corrected chi connectivity index (χ0v) is 11.8. The molecule has 104 valence electrons. The quantitative estimate of drug-likeness (QED) is 0.794. The van der Waals surface area contributed by atoms with Crippen LogP contribution in [0.2, 0.25) is 0 Å². The molecule has 6 heteroatoms. The molecule has 0 bridgehead atoms. The summed E-state index contributed by atoms with van der Waals surface area (Å²) in [6, 6.07) is 5.12. The number of nitrogens with one attached hydrogen (secondary N) is 1. The number of carbonyl (C=O) groups is 2. The number of nitrogen functional groups attached to an aromatic ring is 1. The molecule has 3 N–H and O–H groups in total. The zero-order chi connectivity index (χ0) is 13.3. The van der Waals surface area contributed by atoms with Crippen LogP contribution in [-0.4, -0.2) is 36.3 Å². The van der Waals surface area contributed by atoms with Gasteiger partial charge >= 0.3 is 0 Å². The van der Waals surface area contributed by atoms with Crippen LogP contribution in [-0.2, 0) is 4.79 Å². The van der Waals surface area contributed by atoms with Crippen LogP contribution in [0, 0.1) is 6.92 Å². The predicted octanol–water partition coefficient (Wildman–Crippen LogP) is 0.960. The lowest BCUT2D eigenvalue weighted by atomic mass is 10.1. The summed E-state index contributed by atoms with van der Waals surface area (Å²) in [7, 11) is 1.74. The molecular weight excluding hydrogens is 266 g/mol. The Morgan fingerprint density at radius 3 is 2.74 bits per heavy atom. The summed E-state index contributed by atoms with van der Waals surface area (Å²) in [4.78, 5) is 25.1. The number of rotatable bonds is 2. The first-order valence-corrected chi connectivity index (χ1v) is 5.88. The molecule has 0 aromatic heterocycles. The number of nitrogens with two attached hydrogens (primary N) is 1. The van der Waals surface area contributed by atoms with Crippen molar-refractivity contribution in [1.29, 1.82) is 0 Å².